The Balaban J connectivity index is 1.77. The Morgan fingerprint density at radius 3 is 3.07 bits per heavy atom. The van der Waals surface area contributed by atoms with E-state index in [9.17, 15) is 0 Å². The van der Waals surface area contributed by atoms with E-state index >= 15 is 0 Å². The number of hydrogen-bond acceptors (Lipinski definition) is 3. The molecule has 1 saturated carbocycles. The zero-order valence-corrected chi connectivity index (χ0v) is 9.51. The molecule has 1 aliphatic rings. The van der Waals surface area contributed by atoms with E-state index in [4.69, 9.17) is 0 Å². The second-order valence-electron chi connectivity index (χ2n) is 4.43. The number of aromatic nitrogens is 2. The number of aromatic amines is 1. The molecule has 0 aliphatic heterocycles. The molecule has 4 nitrogen and oxygen atoms in total. The van der Waals surface area contributed by atoms with Gasteiger partial charge in [-0.15, -0.1) is 0 Å². The van der Waals surface area contributed by atoms with E-state index in [-0.39, 0.29) is 0 Å². The largest absolute Gasteiger partial charge is 0.318 e. The minimum atomic E-state index is 0.489. The van der Waals surface area contributed by atoms with Gasteiger partial charge in [0.25, 0.3) is 0 Å². The van der Waals surface area contributed by atoms with Gasteiger partial charge in [0, 0.05) is 30.7 Å². The lowest BCUT2D eigenvalue weighted by Crippen LogP contribution is -2.34. The minimum Gasteiger partial charge on any atom is -0.318 e. The predicted octanol–water partition coefficient (Wildman–Crippen LogP) is 0.985. The fraction of sp³-hybridized carbons (Fsp3) is 0.727. The summed E-state index contributed by atoms with van der Waals surface area (Å²) in [6.45, 7) is 4.04. The highest BCUT2D eigenvalue weighted by atomic mass is 15.1. The smallest absolute Gasteiger partial charge is 0.0656 e. The molecular formula is C11H20N4. The molecule has 0 amide bonds. The monoisotopic (exact) mass is 208 g/mol. The molecule has 1 aliphatic carbocycles. The molecule has 0 spiro atoms. The van der Waals surface area contributed by atoms with Crippen molar-refractivity contribution in [2.75, 3.05) is 13.6 Å². The maximum Gasteiger partial charge on any atom is 0.0656 e. The molecule has 0 radical (unpaired) electrons. The van der Waals surface area contributed by atoms with E-state index in [1.807, 2.05) is 7.05 Å². The quantitative estimate of drug-likeness (QED) is 0.653. The van der Waals surface area contributed by atoms with Crippen LogP contribution in [0.15, 0.2) is 6.07 Å². The number of nitrogens with one attached hydrogen (secondary N) is 3. The van der Waals surface area contributed by atoms with Crippen LogP contribution in [0.2, 0.25) is 0 Å². The van der Waals surface area contributed by atoms with Crippen molar-refractivity contribution in [2.45, 2.75) is 38.3 Å². The molecule has 0 aromatic carbocycles. The highest BCUT2D eigenvalue weighted by Crippen LogP contribution is 2.38. The van der Waals surface area contributed by atoms with Crippen LogP contribution in [0.1, 0.15) is 37.1 Å². The first-order valence-electron chi connectivity index (χ1n) is 5.71. The molecule has 84 valence electrons. The van der Waals surface area contributed by atoms with Crippen LogP contribution >= 0.6 is 0 Å². The summed E-state index contributed by atoms with van der Waals surface area (Å²) < 4.78 is 0. The molecule has 1 aromatic rings. The van der Waals surface area contributed by atoms with Gasteiger partial charge in [0.15, 0.2) is 0 Å². The third-order valence-corrected chi connectivity index (χ3v) is 2.80. The standard InChI is InChI=1S/C11H20N4/c1-8(6-12-2)13-7-10-5-11(15-14-10)9-3-4-9/h5,8-9,12-13H,3-4,6-7H2,1-2H3,(H,14,15). The summed E-state index contributed by atoms with van der Waals surface area (Å²) in [5.74, 6) is 0.740. The Morgan fingerprint density at radius 2 is 2.40 bits per heavy atom. The first-order valence-corrected chi connectivity index (χ1v) is 5.71. The van der Waals surface area contributed by atoms with Crippen LogP contribution in [0.4, 0.5) is 0 Å². The van der Waals surface area contributed by atoms with Gasteiger partial charge in [-0.1, -0.05) is 0 Å². The summed E-state index contributed by atoms with van der Waals surface area (Å²) in [6.07, 6.45) is 2.63. The number of H-pyrrole nitrogens is 1. The van der Waals surface area contributed by atoms with Gasteiger partial charge >= 0.3 is 0 Å². The molecule has 4 heteroatoms. The Morgan fingerprint density at radius 1 is 1.60 bits per heavy atom. The fourth-order valence-electron chi connectivity index (χ4n) is 1.72. The molecule has 15 heavy (non-hydrogen) atoms. The summed E-state index contributed by atoms with van der Waals surface area (Å²) >= 11 is 0. The Labute approximate surface area is 90.8 Å². The van der Waals surface area contributed by atoms with E-state index in [0.717, 1.165) is 19.0 Å². The number of hydrogen-bond donors (Lipinski definition) is 3. The summed E-state index contributed by atoms with van der Waals surface area (Å²) in [5.41, 5.74) is 2.44. The summed E-state index contributed by atoms with van der Waals surface area (Å²) in [4.78, 5) is 0. The van der Waals surface area contributed by atoms with Crippen molar-refractivity contribution in [3.8, 4) is 0 Å². The molecule has 1 heterocycles. The van der Waals surface area contributed by atoms with E-state index in [1.54, 1.807) is 0 Å². The molecule has 0 bridgehead atoms. The third-order valence-electron chi connectivity index (χ3n) is 2.80. The van der Waals surface area contributed by atoms with E-state index in [2.05, 4.69) is 33.8 Å². The van der Waals surface area contributed by atoms with Crippen molar-refractivity contribution >= 4 is 0 Å². The lowest BCUT2D eigenvalue weighted by molar-refractivity contribution is 0.518. The average Bonchev–Trinajstić information content (AvgIpc) is 2.96. The van der Waals surface area contributed by atoms with Crippen LogP contribution in [0.5, 0.6) is 0 Å². The first kappa shape index (κ1) is 10.6. The van der Waals surface area contributed by atoms with Crippen LogP contribution in [0.3, 0.4) is 0 Å². The maximum absolute atomic E-state index is 4.32. The van der Waals surface area contributed by atoms with Crippen LogP contribution in [-0.4, -0.2) is 29.8 Å². The van der Waals surface area contributed by atoms with Crippen LogP contribution in [0.25, 0.3) is 0 Å². The summed E-state index contributed by atoms with van der Waals surface area (Å²) in [6, 6.07) is 2.68. The summed E-state index contributed by atoms with van der Waals surface area (Å²) in [5, 5.41) is 14.0. The zero-order chi connectivity index (χ0) is 10.7. The predicted molar refractivity (Wildman–Crippen MR) is 60.8 cm³/mol. The SMILES string of the molecule is CNCC(C)NCc1cc(C2CC2)n[nH]1. The Hall–Kier alpha value is -0.870. The van der Waals surface area contributed by atoms with E-state index in [1.165, 1.54) is 24.2 Å². The summed E-state index contributed by atoms with van der Waals surface area (Å²) in [7, 11) is 1.97. The zero-order valence-electron chi connectivity index (χ0n) is 9.51. The maximum atomic E-state index is 4.32. The van der Waals surface area contributed by atoms with Gasteiger partial charge in [-0.3, -0.25) is 5.10 Å². The van der Waals surface area contributed by atoms with Gasteiger partial charge in [-0.25, -0.2) is 0 Å². The highest BCUT2D eigenvalue weighted by Gasteiger charge is 2.25. The van der Waals surface area contributed by atoms with Crippen molar-refractivity contribution in [1.29, 1.82) is 0 Å². The Bertz CT molecular complexity index is 303. The second-order valence-corrected chi connectivity index (χ2v) is 4.43. The molecule has 1 atom stereocenters. The number of likely N-dealkylation sites (N-methyl/N-ethyl adjacent to an activating group) is 1. The molecule has 0 saturated heterocycles. The van der Waals surface area contributed by atoms with Crippen molar-refractivity contribution in [3.63, 3.8) is 0 Å². The molecule has 2 rings (SSSR count). The van der Waals surface area contributed by atoms with Crippen molar-refractivity contribution < 1.29 is 0 Å². The van der Waals surface area contributed by atoms with Crippen molar-refractivity contribution in [1.82, 2.24) is 20.8 Å². The van der Waals surface area contributed by atoms with Gasteiger partial charge < -0.3 is 10.6 Å². The van der Waals surface area contributed by atoms with Crippen molar-refractivity contribution in [3.05, 3.63) is 17.5 Å². The van der Waals surface area contributed by atoms with Crippen LogP contribution < -0.4 is 10.6 Å². The van der Waals surface area contributed by atoms with Crippen molar-refractivity contribution in [2.24, 2.45) is 0 Å². The third kappa shape index (κ3) is 3.04. The minimum absolute atomic E-state index is 0.489. The van der Waals surface area contributed by atoms with Gasteiger partial charge in [0.1, 0.15) is 0 Å². The molecule has 3 N–H and O–H groups in total. The topological polar surface area (TPSA) is 52.7 Å². The van der Waals surface area contributed by atoms with Gasteiger partial charge in [-0.2, -0.15) is 5.10 Å². The molecule has 1 fully saturated rings. The lowest BCUT2D eigenvalue weighted by Gasteiger charge is -2.11. The first-order chi connectivity index (χ1) is 7.29. The number of rotatable bonds is 6. The van der Waals surface area contributed by atoms with Gasteiger partial charge in [0.05, 0.1) is 5.69 Å². The highest BCUT2D eigenvalue weighted by molar-refractivity contribution is 5.17. The Kier molecular flexibility index (Phi) is 3.38. The molecular weight excluding hydrogens is 188 g/mol. The second kappa shape index (κ2) is 4.77. The van der Waals surface area contributed by atoms with E-state index < -0.39 is 0 Å². The molecule has 1 aromatic heterocycles. The molecule has 1 unspecified atom stereocenters. The van der Waals surface area contributed by atoms with E-state index in [0.29, 0.717) is 6.04 Å². The van der Waals surface area contributed by atoms with Gasteiger partial charge in [0.2, 0.25) is 0 Å². The lowest BCUT2D eigenvalue weighted by atomic mass is 10.2. The van der Waals surface area contributed by atoms with Crippen LogP contribution in [-0.2, 0) is 6.54 Å². The number of nitrogens with zero attached hydrogens (tertiary/aromatic N) is 1. The fourth-order valence-corrected chi connectivity index (χ4v) is 1.72. The van der Waals surface area contributed by atoms with Gasteiger partial charge in [-0.05, 0) is 32.9 Å². The van der Waals surface area contributed by atoms with Crippen LogP contribution in [0, 0.1) is 0 Å². The normalized spacial score (nSPS) is 18.0. The average molecular weight is 208 g/mol.